The Morgan fingerprint density at radius 1 is 0.906 bits per heavy atom. The Hall–Kier alpha value is -3.21. The molecule has 0 aliphatic carbocycles. The van der Waals surface area contributed by atoms with Gasteiger partial charge in [0, 0.05) is 49.2 Å². The molecule has 4 aromatic rings. The fourth-order valence-electron chi connectivity index (χ4n) is 4.37. The first kappa shape index (κ1) is 20.7. The maximum Gasteiger partial charge on any atom is 0.263 e. The molecule has 160 valence electrons. The summed E-state index contributed by atoms with van der Waals surface area (Å²) in [5.41, 5.74) is 7.35. The van der Waals surface area contributed by atoms with Crippen molar-refractivity contribution in [3.63, 3.8) is 0 Å². The lowest BCUT2D eigenvalue weighted by Gasteiger charge is -2.30. The van der Waals surface area contributed by atoms with E-state index in [1.54, 1.807) is 0 Å². The van der Waals surface area contributed by atoms with E-state index in [2.05, 4.69) is 108 Å². The maximum absolute atomic E-state index is 9.28. The molecular weight excluding hydrogens is 412 g/mol. The topological polar surface area (TPSA) is 27.4 Å². The first-order chi connectivity index (χ1) is 15.8. The molecule has 0 radical (unpaired) electrons. The van der Waals surface area contributed by atoms with Crippen LogP contribution in [-0.2, 0) is 6.54 Å². The normalized spacial score (nSPS) is 14.6. The zero-order valence-electron chi connectivity index (χ0n) is 18.2. The molecule has 0 saturated carbocycles. The van der Waals surface area contributed by atoms with Gasteiger partial charge in [-0.3, -0.25) is 0 Å². The number of unbranched alkanes of at least 4 members (excludes halogenated alkanes) is 1. The molecule has 0 spiro atoms. The second kappa shape index (κ2) is 9.11. The van der Waals surface area contributed by atoms with Crippen LogP contribution in [0.4, 0.5) is 5.69 Å². The van der Waals surface area contributed by atoms with Crippen LogP contribution in [0.15, 0.2) is 84.9 Å². The number of rotatable bonds is 6. The Morgan fingerprint density at radius 3 is 2.50 bits per heavy atom. The van der Waals surface area contributed by atoms with Crippen LogP contribution in [0.25, 0.3) is 27.6 Å². The highest BCUT2D eigenvalue weighted by Crippen LogP contribution is 2.39. The van der Waals surface area contributed by atoms with E-state index in [9.17, 15) is 5.11 Å². The summed E-state index contributed by atoms with van der Waals surface area (Å²) in [6, 6.07) is 27.8. The first-order valence-electron chi connectivity index (χ1n) is 11.1. The van der Waals surface area contributed by atoms with E-state index < -0.39 is 0 Å². The molecule has 3 aromatic carbocycles. The van der Waals surface area contributed by atoms with E-state index in [0.717, 1.165) is 19.4 Å². The quantitative estimate of drug-likeness (QED) is 0.295. The maximum atomic E-state index is 9.28. The van der Waals surface area contributed by atoms with Crippen molar-refractivity contribution in [1.29, 1.82) is 0 Å². The van der Waals surface area contributed by atoms with Crippen LogP contribution in [0.1, 0.15) is 29.0 Å². The van der Waals surface area contributed by atoms with E-state index in [1.165, 1.54) is 43.3 Å². The average Bonchev–Trinajstić information content (AvgIpc) is 3.19. The van der Waals surface area contributed by atoms with Crippen LogP contribution in [0.5, 0.6) is 0 Å². The zero-order valence-corrected chi connectivity index (χ0v) is 19.1. The molecule has 0 amide bonds. The number of aryl methyl sites for hydroxylation is 1. The van der Waals surface area contributed by atoms with Gasteiger partial charge in [0.15, 0.2) is 6.54 Å². The second-order valence-electron chi connectivity index (χ2n) is 8.06. The van der Waals surface area contributed by atoms with Gasteiger partial charge in [-0.05, 0) is 35.8 Å². The van der Waals surface area contributed by atoms with Gasteiger partial charge in [0.25, 0.3) is 5.01 Å². The van der Waals surface area contributed by atoms with Crippen molar-refractivity contribution in [2.75, 3.05) is 18.6 Å². The van der Waals surface area contributed by atoms with Gasteiger partial charge in [0.05, 0.1) is 0 Å². The minimum Gasteiger partial charge on any atom is -0.396 e. The third-order valence-corrected chi connectivity index (χ3v) is 7.12. The van der Waals surface area contributed by atoms with Gasteiger partial charge in [0.2, 0.25) is 5.52 Å². The third-order valence-electron chi connectivity index (χ3n) is 6.00. The van der Waals surface area contributed by atoms with Gasteiger partial charge in [-0.25, -0.2) is 0 Å². The van der Waals surface area contributed by atoms with Gasteiger partial charge >= 0.3 is 0 Å². The molecule has 4 heteroatoms. The number of hydrogen-bond acceptors (Lipinski definition) is 3. The van der Waals surface area contributed by atoms with Gasteiger partial charge < -0.3 is 10.0 Å². The molecule has 1 aliphatic rings. The number of fused-ring (bicyclic) bond motifs is 2. The zero-order chi connectivity index (χ0) is 21.9. The van der Waals surface area contributed by atoms with E-state index >= 15 is 0 Å². The lowest BCUT2D eigenvalue weighted by Crippen LogP contribution is -2.35. The molecule has 1 N–H and O–H groups in total. The highest BCUT2D eigenvalue weighted by Gasteiger charge is 2.24. The molecule has 0 unspecified atom stereocenters. The molecule has 3 nitrogen and oxygen atoms in total. The molecule has 1 aliphatic heterocycles. The van der Waals surface area contributed by atoms with Crippen molar-refractivity contribution in [2.24, 2.45) is 0 Å². The Balaban J connectivity index is 1.67. The highest BCUT2D eigenvalue weighted by atomic mass is 32.1. The number of aliphatic hydroxyl groups is 1. The summed E-state index contributed by atoms with van der Waals surface area (Å²) in [4.78, 5) is 2.28. The fraction of sp³-hybridized carbons (Fsp3) is 0.179. The van der Waals surface area contributed by atoms with Crippen LogP contribution in [0, 0.1) is 0 Å². The number of nitrogens with zero attached hydrogens (tertiary/aromatic N) is 2. The molecular formula is C28H27N2OS+. The lowest BCUT2D eigenvalue weighted by atomic mass is 9.95. The van der Waals surface area contributed by atoms with E-state index in [1.807, 2.05) is 11.3 Å². The number of aliphatic hydroxyl groups excluding tert-OH is 1. The van der Waals surface area contributed by atoms with Crippen molar-refractivity contribution >= 4 is 44.6 Å². The number of para-hydroxylation sites is 2. The minimum atomic E-state index is 0.238. The van der Waals surface area contributed by atoms with Gasteiger partial charge in [-0.1, -0.05) is 72.0 Å². The van der Waals surface area contributed by atoms with Crippen LogP contribution >= 0.6 is 11.3 Å². The summed E-state index contributed by atoms with van der Waals surface area (Å²) >= 11 is 1.83. The predicted octanol–water partition coefficient (Wildman–Crippen LogP) is 5.99. The average molecular weight is 440 g/mol. The summed E-state index contributed by atoms with van der Waals surface area (Å²) in [5, 5.41) is 10.5. The van der Waals surface area contributed by atoms with Gasteiger partial charge in [-0.15, -0.1) is 0 Å². The summed E-state index contributed by atoms with van der Waals surface area (Å²) in [6.45, 7) is 1.14. The number of aromatic nitrogens is 1. The van der Waals surface area contributed by atoms with Crippen molar-refractivity contribution in [3.8, 4) is 0 Å². The van der Waals surface area contributed by atoms with Crippen LogP contribution in [0.3, 0.4) is 0 Å². The van der Waals surface area contributed by atoms with Crippen LogP contribution in [0.2, 0.25) is 0 Å². The number of benzene rings is 3. The van der Waals surface area contributed by atoms with Gasteiger partial charge in [-0.2, -0.15) is 4.57 Å². The number of hydrogen-bond donors (Lipinski definition) is 1. The van der Waals surface area contributed by atoms with Crippen molar-refractivity contribution in [2.45, 2.75) is 19.4 Å². The van der Waals surface area contributed by atoms with E-state index in [4.69, 9.17) is 0 Å². The molecule has 0 saturated heterocycles. The second-order valence-corrected chi connectivity index (χ2v) is 9.12. The molecule has 2 heterocycles. The predicted molar refractivity (Wildman–Crippen MR) is 135 cm³/mol. The highest BCUT2D eigenvalue weighted by molar-refractivity contribution is 7.18. The Morgan fingerprint density at radius 2 is 1.66 bits per heavy atom. The minimum absolute atomic E-state index is 0.238. The SMILES string of the molecule is CN1C(c2ccccc2)=C/C(=C\c2sc3ccccc3[n+]2CCCCO)c2ccccc21. The van der Waals surface area contributed by atoms with Crippen LogP contribution in [-0.4, -0.2) is 18.8 Å². The lowest BCUT2D eigenvalue weighted by molar-refractivity contribution is -0.669. The standard InChI is InChI=1S/C28H27N2OS/c1-29-24-14-6-5-13-23(24)22(19-26(29)21-11-3-2-4-12-21)20-28-30(17-9-10-18-31)25-15-7-8-16-27(25)32-28/h2-8,11-16,19-20,31H,9-10,17-18H2,1H3/q+1. The third kappa shape index (κ3) is 3.88. The van der Waals surface area contributed by atoms with Crippen molar-refractivity contribution in [1.82, 2.24) is 0 Å². The summed E-state index contributed by atoms with van der Waals surface area (Å²) < 4.78 is 3.69. The monoisotopic (exact) mass is 439 g/mol. The summed E-state index contributed by atoms with van der Waals surface area (Å²) in [7, 11) is 2.14. The summed E-state index contributed by atoms with van der Waals surface area (Å²) in [6.07, 6.45) is 6.42. The van der Waals surface area contributed by atoms with Crippen molar-refractivity contribution in [3.05, 3.63) is 101 Å². The number of anilines is 1. The van der Waals surface area contributed by atoms with E-state index in [0.29, 0.717) is 0 Å². The summed E-state index contributed by atoms with van der Waals surface area (Å²) in [5.74, 6) is 0. The van der Waals surface area contributed by atoms with E-state index in [-0.39, 0.29) is 6.61 Å². The Kier molecular flexibility index (Phi) is 5.89. The molecule has 0 atom stereocenters. The van der Waals surface area contributed by atoms with Gasteiger partial charge in [0.1, 0.15) is 4.70 Å². The number of thiazole rings is 1. The van der Waals surface area contributed by atoms with Crippen molar-refractivity contribution < 1.29 is 9.67 Å². The van der Waals surface area contributed by atoms with Crippen LogP contribution < -0.4 is 9.47 Å². The fourth-order valence-corrected chi connectivity index (χ4v) is 5.51. The smallest absolute Gasteiger partial charge is 0.263 e. The first-order valence-corrected chi connectivity index (χ1v) is 11.9. The molecule has 0 bridgehead atoms. The molecule has 5 rings (SSSR count). The molecule has 1 aromatic heterocycles. The Bertz CT molecular complexity index is 1300. The largest absolute Gasteiger partial charge is 0.396 e. The molecule has 32 heavy (non-hydrogen) atoms. The number of allylic oxidation sites excluding steroid dienone is 2. The Labute approximate surface area is 193 Å². The molecule has 0 fully saturated rings.